The molecule has 4 nitrogen and oxygen atoms in total. The van der Waals surface area contributed by atoms with Gasteiger partial charge in [0.1, 0.15) is 11.1 Å². The summed E-state index contributed by atoms with van der Waals surface area (Å²) in [5.41, 5.74) is 1.80. The van der Waals surface area contributed by atoms with E-state index in [9.17, 15) is 10.1 Å². The largest absolute Gasteiger partial charge is 0.316 e. The molecule has 0 spiro atoms. The molecule has 1 aromatic rings. The maximum Gasteiger partial charge on any atom is 0.228 e. The Bertz CT molecular complexity index is 554. The summed E-state index contributed by atoms with van der Waals surface area (Å²) in [4.78, 5) is 13.3. The lowest BCUT2D eigenvalue weighted by atomic mass is 10.0. The fourth-order valence-corrected chi connectivity index (χ4v) is 3.75. The van der Waals surface area contributed by atoms with Crippen LogP contribution in [0.15, 0.2) is 0 Å². The number of amides is 1. The third kappa shape index (κ3) is 2.38. The maximum absolute atomic E-state index is 12.1. The van der Waals surface area contributed by atoms with E-state index < -0.39 is 0 Å². The Morgan fingerprint density at radius 1 is 1.58 bits per heavy atom. The first-order chi connectivity index (χ1) is 9.20. The molecule has 1 fully saturated rings. The average Bonchev–Trinajstić information content (AvgIpc) is 3.20. The van der Waals surface area contributed by atoms with Crippen molar-refractivity contribution in [2.24, 2.45) is 11.8 Å². The molecule has 2 N–H and O–H groups in total. The molecule has 0 aromatic carbocycles. The Hall–Kier alpha value is -1.38. The van der Waals surface area contributed by atoms with Gasteiger partial charge in [0, 0.05) is 17.3 Å². The number of carbonyl (C=O) groups is 1. The highest BCUT2D eigenvalue weighted by atomic mass is 32.1. The predicted molar refractivity (Wildman–Crippen MR) is 75.0 cm³/mol. The van der Waals surface area contributed by atoms with E-state index in [1.54, 1.807) is 11.3 Å². The van der Waals surface area contributed by atoms with Crippen LogP contribution in [-0.2, 0) is 17.8 Å². The number of nitrogens with zero attached hydrogens (tertiary/aromatic N) is 1. The Balaban J connectivity index is 1.82. The van der Waals surface area contributed by atoms with Gasteiger partial charge in [-0.2, -0.15) is 5.26 Å². The van der Waals surface area contributed by atoms with Gasteiger partial charge in [-0.15, -0.1) is 11.3 Å². The number of carbonyl (C=O) groups excluding carboxylic acids is 1. The number of nitrogens with one attached hydrogen (secondary N) is 2. The molecule has 1 amide bonds. The van der Waals surface area contributed by atoms with Crippen molar-refractivity contribution < 1.29 is 4.79 Å². The summed E-state index contributed by atoms with van der Waals surface area (Å²) in [6, 6.07) is 2.26. The van der Waals surface area contributed by atoms with Gasteiger partial charge in [0.25, 0.3) is 0 Å². The minimum atomic E-state index is 0.0591. The van der Waals surface area contributed by atoms with Gasteiger partial charge in [-0.1, -0.05) is 6.92 Å². The van der Waals surface area contributed by atoms with Gasteiger partial charge < -0.3 is 10.6 Å². The monoisotopic (exact) mass is 275 g/mol. The summed E-state index contributed by atoms with van der Waals surface area (Å²) in [5, 5.41) is 16.3. The molecule has 1 aliphatic carbocycles. The molecule has 1 aromatic heterocycles. The lowest BCUT2D eigenvalue weighted by molar-refractivity contribution is -0.119. The molecule has 100 valence electrons. The minimum Gasteiger partial charge on any atom is -0.316 e. The van der Waals surface area contributed by atoms with Gasteiger partial charge in [-0.25, -0.2) is 0 Å². The van der Waals surface area contributed by atoms with Gasteiger partial charge in [0.2, 0.25) is 5.91 Å². The molecule has 1 saturated carbocycles. The minimum absolute atomic E-state index is 0.0591. The highest BCUT2D eigenvalue weighted by molar-refractivity contribution is 7.16. The second-order valence-corrected chi connectivity index (χ2v) is 6.47. The van der Waals surface area contributed by atoms with E-state index in [4.69, 9.17) is 0 Å². The normalized spacial score (nSPS) is 19.4. The SMILES string of the molecule is CC(C(=O)Nc1sc2c(c1C#N)CCNC2)C1CC1. The van der Waals surface area contributed by atoms with Crippen molar-refractivity contribution in [3.05, 3.63) is 16.0 Å². The molecule has 3 rings (SSSR count). The number of fused-ring (bicyclic) bond motifs is 1. The number of thiophene rings is 1. The summed E-state index contributed by atoms with van der Waals surface area (Å²) in [6.45, 7) is 3.70. The Labute approximate surface area is 116 Å². The summed E-state index contributed by atoms with van der Waals surface area (Å²) in [6.07, 6.45) is 3.19. The van der Waals surface area contributed by atoms with E-state index in [1.807, 2.05) is 6.92 Å². The quantitative estimate of drug-likeness (QED) is 0.889. The Kier molecular flexibility index (Phi) is 3.29. The molecule has 5 heteroatoms. The first-order valence-electron chi connectivity index (χ1n) is 6.77. The van der Waals surface area contributed by atoms with Crippen molar-refractivity contribution in [1.82, 2.24) is 5.32 Å². The van der Waals surface area contributed by atoms with Crippen molar-refractivity contribution in [3.8, 4) is 6.07 Å². The van der Waals surface area contributed by atoms with E-state index in [2.05, 4.69) is 16.7 Å². The van der Waals surface area contributed by atoms with Gasteiger partial charge in [0.05, 0.1) is 5.56 Å². The molecule has 0 radical (unpaired) electrons. The number of anilines is 1. The van der Waals surface area contributed by atoms with E-state index >= 15 is 0 Å². The molecule has 0 saturated heterocycles. The molecular weight excluding hydrogens is 258 g/mol. The summed E-state index contributed by atoms with van der Waals surface area (Å²) >= 11 is 1.55. The van der Waals surface area contributed by atoms with E-state index in [1.165, 1.54) is 4.88 Å². The van der Waals surface area contributed by atoms with E-state index in [0.29, 0.717) is 11.5 Å². The van der Waals surface area contributed by atoms with Crippen molar-refractivity contribution in [1.29, 1.82) is 5.26 Å². The van der Waals surface area contributed by atoms with Crippen LogP contribution in [0.2, 0.25) is 0 Å². The van der Waals surface area contributed by atoms with Crippen molar-refractivity contribution in [2.45, 2.75) is 32.7 Å². The van der Waals surface area contributed by atoms with Crippen LogP contribution in [-0.4, -0.2) is 12.5 Å². The fourth-order valence-electron chi connectivity index (χ4n) is 2.58. The Morgan fingerprint density at radius 2 is 2.37 bits per heavy atom. The topological polar surface area (TPSA) is 64.9 Å². The third-order valence-electron chi connectivity index (χ3n) is 4.02. The molecule has 1 atom stereocenters. The lowest BCUT2D eigenvalue weighted by Crippen LogP contribution is -2.22. The highest BCUT2D eigenvalue weighted by Crippen LogP contribution is 2.39. The number of hydrogen-bond donors (Lipinski definition) is 2. The molecule has 19 heavy (non-hydrogen) atoms. The van der Waals surface area contributed by atoms with Gasteiger partial charge in [-0.3, -0.25) is 4.79 Å². The number of rotatable bonds is 3. The highest BCUT2D eigenvalue weighted by Gasteiger charge is 2.33. The molecule has 1 aliphatic heterocycles. The van der Waals surface area contributed by atoms with Gasteiger partial charge in [0.15, 0.2) is 0 Å². The van der Waals surface area contributed by atoms with Crippen molar-refractivity contribution >= 4 is 22.2 Å². The van der Waals surface area contributed by atoms with Crippen LogP contribution in [0.5, 0.6) is 0 Å². The number of nitriles is 1. The van der Waals surface area contributed by atoms with Crippen LogP contribution in [0.1, 0.15) is 35.8 Å². The molecule has 2 aliphatic rings. The summed E-state index contributed by atoms with van der Waals surface area (Å²) in [7, 11) is 0. The smallest absolute Gasteiger partial charge is 0.228 e. The zero-order chi connectivity index (χ0) is 13.4. The molecule has 0 bridgehead atoms. The average molecular weight is 275 g/mol. The first-order valence-corrected chi connectivity index (χ1v) is 7.58. The molecule has 2 heterocycles. The zero-order valence-corrected chi connectivity index (χ0v) is 11.8. The zero-order valence-electron chi connectivity index (χ0n) is 11.0. The second-order valence-electron chi connectivity index (χ2n) is 5.36. The van der Waals surface area contributed by atoms with Crippen LogP contribution in [0.4, 0.5) is 5.00 Å². The van der Waals surface area contributed by atoms with Crippen LogP contribution in [0, 0.1) is 23.2 Å². The van der Waals surface area contributed by atoms with Crippen LogP contribution in [0.25, 0.3) is 0 Å². The standard InChI is InChI=1S/C14H17N3OS/c1-8(9-2-3-9)13(18)17-14-11(6-15)10-4-5-16-7-12(10)19-14/h8-9,16H,2-5,7H2,1H3,(H,17,18). The molecule has 1 unspecified atom stereocenters. The van der Waals surface area contributed by atoms with E-state index in [0.717, 1.165) is 42.9 Å². The predicted octanol–water partition coefficient (Wildman–Crippen LogP) is 2.25. The second kappa shape index (κ2) is 4.95. The van der Waals surface area contributed by atoms with Crippen molar-refractivity contribution in [2.75, 3.05) is 11.9 Å². The van der Waals surface area contributed by atoms with Gasteiger partial charge in [-0.05, 0) is 37.3 Å². The molecular formula is C14H17N3OS. The van der Waals surface area contributed by atoms with Crippen LogP contribution >= 0.6 is 11.3 Å². The van der Waals surface area contributed by atoms with Crippen molar-refractivity contribution in [3.63, 3.8) is 0 Å². The van der Waals surface area contributed by atoms with Crippen LogP contribution in [0.3, 0.4) is 0 Å². The van der Waals surface area contributed by atoms with Gasteiger partial charge >= 0.3 is 0 Å². The summed E-state index contributed by atoms with van der Waals surface area (Å²) < 4.78 is 0. The van der Waals surface area contributed by atoms with Crippen LogP contribution < -0.4 is 10.6 Å². The third-order valence-corrected chi connectivity index (χ3v) is 5.17. The number of hydrogen-bond acceptors (Lipinski definition) is 4. The van der Waals surface area contributed by atoms with E-state index in [-0.39, 0.29) is 11.8 Å². The maximum atomic E-state index is 12.1. The fraction of sp³-hybridized carbons (Fsp3) is 0.571. The lowest BCUT2D eigenvalue weighted by Gasteiger charge is -2.11. The summed E-state index contributed by atoms with van der Waals surface area (Å²) in [5.74, 6) is 0.663. The first kappa shape index (κ1) is 12.6. The Morgan fingerprint density at radius 3 is 3.05 bits per heavy atom.